The van der Waals surface area contributed by atoms with Crippen molar-refractivity contribution >= 4 is 38.2 Å². The quantitative estimate of drug-likeness (QED) is 0.133. The van der Waals surface area contributed by atoms with E-state index in [1.165, 1.54) is 23.5 Å². The van der Waals surface area contributed by atoms with Crippen LogP contribution in [0.4, 0.5) is 8.78 Å². The van der Waals surface area contributed by atoms with E-state index in [4.69, 9.17) is 19.6 Å². The van der Waals surface area contributed by atoms with Crippen molar-refractivity contribution in [3.63, 3.8) is 0 Å². The SMILES string of the molecule is C=CC(=O)N1Cc2cc(C3([C@H](C)COCC)c4cc(F)cc(F)c4-c4c3nc(-c3cc5cn(C)nc5cc3OCCC)c3ccsc43)nn2C[C@H]1C. The summed E-state index contributed by atoms with van der Waals surface area (Å²) in [6.45, 7) is 13.7. The van der Waals surface area contributed by atoms with E-state index in [-0.39, 0.29) is 24.5 Å². The second-order valence-electron chi connectivity index (χ2n) is 13.8. The molecular formula is C40H40F2N6O3S. The van der Waals surface area contributed by atoms with Crippen molar-refractivity contribution in [3.8, 4) is 28.1 Å². The number of aryl methyl sites for hydroxylation is 1. The van der Waals surface area contributed by atoms with Crippen LogP contribution in [0.2, 0.25) is 0 Å². The van der Waals surface area contributed by atoms with Crippen LogP contribution in [0.5, 0.6) is 5.75 Å². The number of hydrogen-bond acceptors (Lipinski definition) is 7. The highest BCUT2D eigenvalue weighted by Gasteiger charge is 2.54. The summed E-state index contributed by atoms with van der Waals surface area (Å²) in [5.41, 5.74) is 4.43. The first kappa shape index (κ1) is 34.2. The molecule has 0 bridgehead atoms. The van der Waals surface area contributed by atoms with E-state index in [1.54, 1.807) is 9.58 Å². The zero-order chi connectivity index (χ0) is 36.5. The maximum Gasteiger partial charge on any atom is 0.246 e. The number of thiophene rings is 1. The van der Waals surface area contributed by atoms with Gasteiger partial charge in [0, 0.05) is 76.1 Å². The van der Waals surface area contributed by atoms with Crippen LogP contribution in [-0.2, 0) is 35.1 Å². The highest BCUT2D eigenvalue weighted by atomic mass is 32.1. The lowest BCUT2D eigenvalue weighted by Crippen LogP contribution is -2.44. The number of pyridine rings is 1. The molecule has 1 amide bonds. The first-order valence-electron chi connectivity index (χ1n) is 17.7. The molecule has 1 aliphatic carbocycles. The summed E-state index contributed by atoms with van der Waals surface area (Å²) in [6, 6.07) is 10.2. The molecule has 8 rings (SSSR count). The van der Waals surface area contributed by atoms with Gasteiger partial charge in [0.2, 0.25) is 5.91 Å². The normalized spacial score (nSPS) is 18.4. The van der Waals surface area contributed by atoms with E-state index in [1.807, 2.05) is 62.3 Å². The fourth-order valence-corrected chi connectivity index (χ4v) is 9.11. The Morgan fingerprint density at radius 2 is 2.00 bits per heavy atom. The van der Waals surface area contributed by atoms with Crippen molar-refractivity contribution in [1.82, 2.24) is 29.4 Å². The zero-order valence-corrected chi connectivity index (χ0v) is 30.7. The Hall–Kier alpha value is -4.94. The third-order valence-corrected chi connectivity index (χ3v) is 11.4. The second-order valence-corrected chi connectivity index (χ2v) is 14.7. The van der Waals surface area contributed by atoms with E-state index in [2.05, 4.69) is 24.7 Å². The van der Waals surface area contributed by atoms with Gasteiger partial charge in [-0.15, -0.1) is 11.3 Å². The number of carbonyl (C=O) groups is 1. The molecule has 5 heterocycles. The van der Waals surface area contributed by atoms with Gasteiger partial charge in [-0.05, 0) is 61.6 Å². The Morgan fingerprint density at radius 1 is 1.17 bits per heavy atom. The van der Waals surface area contributed by atoms with Crippen LogP contribution in [0.15, 0.2) is 60.6 Å². The lowest BCUT2D eigenvalue weighted by atomic mass is 9.68. The predicted octanol–water partition coefficient (Wildman–Crippen LogP) is 8.02. The predicted molar refractivity (Wildman–Crippen MR) is 198 cm³/mol. The van der Waals surface area contributed by atoms with Crippen LogP contribution in [0.25, 0.3) is 43.4 Å². The molecule has 4 aromatic heterocycles. The van der Waals surface area contributed by atoms with Crippen molar-refractivity contribution in [3.05, 3.63) is 94.9 Å². The van der Waals surface area contributed by atoms with Crippen molar-refractivity contribution in [1.29, 1.82) is 0 Å². The first-order chi connectivity index (χ1) is 25.1. The van der Waals surface area contributed by atoms with Crippen LogP contribution in [0.1, 0.15) is 56.8 Å². The number of benzene rings is 2. The van der Waals surface area contributed by atoms with E-state index in [0.717, 1.165) is 44.7 Å². The van der Waals surface area contributed by atoms with Gasteiger partial charge in [0.25, 0.3) is 0 Å². The molecule has 1 unspecified atom stereocenters. The monoisotopic (exact) mass is 722 g/mol. The molecule has 1 aliphatic heterocycles. The Balaban J connectivity index is 1.46. The molecule has 9 nitrogen and oxygen atoms in total. The number of aromatic nitrogens is 5. The minimum absolute atomic E-state index is 0.139. The van der Waals surface area contributed by atoms with Crippen LogP contribution >= 0.6 is 11.3 Å². The van der Waals surface area contributed by atoms with Gasteiger partial charge >= 0.3 is 0 Å². The molecule has 0 radical (unpaired) electrons. The summed E-state index contributed by atoms with van der Waals surface area (Å²) in [5, 5.41) is 13.6. The third-order valence-electron chi connectivity index (χ3n) is 10.5. The zero-order valence-electron chi connectivity index (χ0n) is 29.9. The molecule has 6 aromatic rings. The largest absolute Gasteiger partial charge is 0.493 e. The molecule has 0 spiro atoms. The van der Waals surface area contributed by atoms with Crippen molar-refractivity contribution in [2.75, 3.05) is 19.8 Å². The van der Waals surface area contributed by atoms with Crippen LogP contribution in [0.3, 0.4) is 0 Å². The number of halogens is 2. The molecule has 2 aliphatic rings. The van der Waals surface area contributed by atoms with E-state index in [0.29, 0.717) is 65.8 Å². The van der Waals surface area contributed by atoms with Gasteiger partial charge in [0.1, 0.15) is 17.4 Å². The highest BCUT2D eigenvalue weighted by Crippen LogP contribution is 2.60. The average molecular weight is 723 g/mol. The molecule has 0 saturated heterocycles. The summed E-state index contributed by atoms with van der Waals surface area (Å²) < 4.78 is 49.1. The standard InChI is InChI=1S/C40H40F2N6O3S/c1-7-11-51-32-17-31-24(19-46(6)44-31)13-28(32)37-27-10-12-52-38(27)36-35-29(14-25(41)15-30(35)42)40(39(36)43-37,22(4)21-50-9-3)33-16-26-20-47(34(49)8-2)23(5)18-48(26)45-33/h8,10,12-17,19,22-23H,2,7,9,11,18,20-21H2,1,3-6H3/t22-,23-,40?/m1/s1. The molecule has 52 heavy (non-hydrogen) atoms. The van der Waals surface area contributed by atoms with Gasteiger partial charge in [-0.25, -0.2) is 13.8 Å². The minimum Gasteiger partial charge on any atom is -0.493 e. The molecular weight excluding hydrogens is 683 g/mol. The van der Waals surface area contributed by atoms with Gasteiger partial charge in [-0.1, -0.05) is 20.4 Å². The smallest absolute Gasteiger partial charge is 0.246 e. The molecule has 12 heteroatoms. The Kier molecular flexibility index (Phi) is 8.49. The van der Waals surface area contributed by atoms with Crippen molar-refractivity contribution < 1.29 is 23.0 Å². The van der Waals surface area contributed by atoms with Crippen LogP contribution in [0, 0.1) is 17.6 Å². The second kappa shape index (κ2) is 12.9. The number of rotatable bonds is 10. The maximum atomic E-state index is 16.5. The van der Waals surface area contributed by atoms with Gasteiger partial charge < -0.3 is 14.4 Å². The van der Waals surface area contributed by atoms with E-state index in [9.17, 15) is 4.79 Å². The van der Waals surface area contributed by atoms with Crippen molar-refractivity contribution in [2.45, 2.75) is 58.7 Å². The Labute approximate surface area is 304 Å². The fraction of sp³-hybridized carbons (Fsp3) is 0.350. The highest BCUT2D eigenvalue weighted by molar-refractivity contribution is 7.18. The van der Waals surface area contributed by atoms with E-state index >= 15 is 8.78 Å². The van der Waals surface area contributed by atoms with Gasteiger partial charge in [-0.3, -0.25) is 14.2 Å². The van der Waals surface area contributed by atoms with Gasteiger partial charge in [0.15, 0.2) is 0 Å². The number of nitrogens with zero attached hydrogens (tertiary/aromatic N) is 6. The summed E-state index contributed by atoms with van der Waals surface area (Å²) >= 11 is 1.50. The Bertz CT molecular complexity index is 2400. The summed E-state index contributed by atoms with van der Waals surface area (Å²) in [7, 11) is 1.88. The maximum absolute atomic E-state index is 16.5. The molecule has 0 fully saturated rings. The van der Waals surface area contributed by atoms with Crippen LogP contribution in [-0.4, -0.2) is 61.2 Å². The molecule has 268 valence electrons. The Morgan fingerprint density at radius 3 is 2.77 bits per heavy atom. The molecule has 2 aromatic carbocycles. The molecule has 0 N–H and O–H groups in total. The number of carbonyl (C=O) groups excluding carboxylic acids is 1. The number of amides is 1. The lowest BCUT2D eigenvalue weighted by molar-refractivity contribution is -0.129. The topological polar surface area (TPSA) is 87.3 Å². The molecule has 3 atom stereocenters. The van der Waals surface area contributed by atoms with Gasteiger partial charge in [0.05, 0.1) is 60.0 Å². The number of fused-ring (bicyclic) bond motifs is 7. The average Bonchev–Trinajstić information content (AvgIpc) is 3.90. The number of hydrogen-bond donors (Lipinski definition) is 0. The van der Waals surface area contributed by atoms with Crippen LogP contribution < -0.4 is 4.74 Å². The summed E-state index contributed by atoms with van der Waals surface area (Å²) in [4.78, 5) is 20.2. The summed E-state index contributed by atoms with van der Waals surface area (Å²) in [6.07, 6.45) is 4.09. The minimum atomic E-state index is -1.22. The van der Waals surface area contributed by atoms with Crippen molar-refractivity contribution in [2.24, 2.45) is 13.0 Å². The number of ether oxygens (including phenoxy) is 2. The fourth-order valence-electron chi connectivity index (χ4n) is 8.16. The third kappa shape index (κ3) is 5.09. The lowest BCUT2D eigenvalue weighted by Gasteiger charge is -2.36. The van der Waals surface area contributed by atoms with E-state index < -0.39 is 17.0 Å². The summed E-state index contributed by atoms with van der Waals surface area (Å²) in [5.74, 6) is -1.23. The molecule has 0 saturated carbocycles. The first-order valence-corrected chi connectivity index (χ1v) is 18.6. The van der Waals surface area contributed by atoms with Gasteiger partial charge in [-0.2, -0.15) is 10.2 Å².